The molecular formula is C27H26N4O2. The highest BCUT2D eigenvalue weighted by Crippen LogP contribution is 2.44. The molecule has 3 heterocycles. The lowest BCUT2D eigenvalue weighted by atomic mass is 9.89. The van der Waals surface area contributed by atoms with Crippen LogP contribution in [0.3, 0.4) is 0 Å². The monoisotopic (exact) mass is 438 g/mol. The zero-order chi connectivity index (χ0) is 23.2. The molecular weight excluding hydrogens is 412 g/mol. The van der Waals surface area contributed by atoms with E-state index in [1.54, 1.807) is 13.3 Å². The lowest BCUT2D eigenvalue weighted by molar-refractivity contribution is 0.415. The molecule has 0 unspecified atom stereocenters. The first-order valence-corrected chi connectivity index (χ1v) is 10.9. The summed E-state index contributed by atoms with van der Waals surface area (Å²) in [7, 11) is 1.65. The molecule has 0 saturated carbocycles. The molecule has 5 rings (SSSR count). The fourth-order valence-corrected chi connectivity index (χ4v) is 4.22. The van der Waals surface area contributed by atoms with Gasteiger partial charge in [0.05, 0.1) is 23.9 Å². The summed E-state index contributed by atoms with van der Waals surface area (Å²) in [5.41, 5.74) is 6.14. The van der Waals surface area contributed by atoms with Gasteiger partial charge < -0.3 is 9.84 Å². The third kappa shape index (κ3) is 3.53. The quantitative estimate of drug-likeness (QED) is 0.356. The van der Waals surface area contributed by atoms with E-state index in [1.807, 2.05) is 71.4 Å². The first-order chi connectivity index (χ1) is 15.9. The third-order valence-corrected chi connectivity index (χ3v) is 5.86. The average Bonchev–Trinajstić information content (AvgIpc) is 3.39. The molecule has 0 aliphatic heterocycles. The summed E-state index contributed by atoms with van der Waals surface area (Å²) >= 11 is 0. The maximum absolute atomic E-state index is 11.3. The highest BCUT2D eigenvalue weighted by atomic mass is 16.5. The number of nitrogens with zero attached hydrogens (tertiary/aromatic N) is 3. The molecule has 2 aromatic carbocycles. The molecule has 0 bridgehead atoms. The number of hydrogen-bond acceptors (Lipinski definition) is 4. The van der Waals surface area contributed by atoms with E-state index in [4.69, 9.17) is 4.74 Å². The highest BCUT2D eigenvalue weighted by molar-refractivity contribution is 6.01. The predicted molar refractivity (Wildman–Crippen MR) is 131 cm³/mol. The van der Waals surface area contributed by atoms with Crippen molar-refractivity contribution < 1.29 is 9.84 Å². The number of rotatable bonds is 4. The zero-order valence-electron chi connectivity index (χ0n) is 19.1. The number of hydrogen-bond donors (Lipinski definition) is 2. The minimum Gasteiger partial charge on any atom is -0.497 e. The Balaban J connectivity index is 1.75. The number of fused-ring (bicyclic) bond motifs is 1. The molecule has 0 aliphatic carbocycles. The van der Waals surface area contributed by atoms with Crippen molar-refractivity contribution in [2.75, 3.05) is 7.11 Å². The highest BCUT2D eigenvalue weighted by Gasteiger charge is 2.29. The molecule has 0 saturated heterocycles. The Kier molecular flexibility index (Phi) is 4.93. The van der Waals surface area contributed by atoms with Gasteiger partial charge in [0.1, 0.15) is 11.3 Å². The number of H-pyrrole nitrogens is 1. The van der Waals surface area contributed by atoms with E-state index in [1.165, 1.54) is 0 Å². The number of aromatic hydroxyl groups is 1. The van der Waals surface area contributed by atoms with Crippen LogP contribution >= 0.6 is 0 Å². The minimum absolute atomic E-state index is 0.132. The van der Waals surface area contributed by atoms with Gasteiger partial charge in [0.25, 0.3) is 0 Å². The molecule has 0 atom stereocenters. The van der Waals surface area contributed by atoms with Gasteiger partial charge in [-0.1, -0.05) is 39.0 Å². The van der Waals surface area contributed by atoms with Crippen molar-refractivity contribution in [3.05, 3.63) is 78.8 Å². The largest absolute Gasteiger partial charge is 0.497 e. The molecule has 3 aromatic heterocycles. The van der Waals surface area contributed by atoms with E-state index in [0.717, 1.165) is 44.9 Å². The van der Waals surface area contributed by atoms with Gasteiger partial charge in [0.2, 0.25) is 5.88 Å². The average molecular weight is 439 g/mol. The van der Waals surface area contributed by atoms with Crippen LogP contribution < -0.4 is 4.74 Å². The number of nitrogens with one attached hydrogen (secondary N) is 1. The SMILES string of the molecule is COc1ccc(-c2c3c(C(C)(C)C)n[nH]c3c(O)n2-c2ccc(-c3cccnc3)cc2)cc1. The van der Waals surface area contributed by atoms with E-state index in [0.29, 0.717) is 5.52 Å². The first-order valence-electron chi connectivity index (χ1n) is 10.9. The molecule has 5 aromatic rings. The van der Waals surface area contributed by atoms with Crippen LogP contribution in [0.2, 0.25) is 0 Å². The second kappa shape index (κ2) is 7.81. The summed E-state index contributed by atoms with van der Waals surface area (Å²) in [5, 5.41) is 19.9. The molecule has 6 heteroatoms. The molecule has 33 heavy (non-hydrogen) atoms. The molecule has 0 spiro atoms. The number of ether oxygens (including phenoxy) is 1. The lowest BCUT2D eigenvalue weighted by Crippen LogP contribution is -2.12. The second-order valence-corrected chi connectivity index (χ2v) is 9.10. The number of methoxy groups -OCH3 is 1. The molecule has 0 amide bonds. The Morgan fingerprint density at radius 2 is 1.61 bits per heavy atom. The molecule has 0 radical (unpaired) electrons. The smallest absolute Gasteiger partial charge is 0.222 e. The van der Waals surface area contributed by atoms with E-state index in [9.17, 15) is 5.11 Å². The Hall–Kier alpha value is -4.06. The van der Waals surface area contributed by atoms with Gasteiger partial charge in [-0.05, 0) is 59.2 Å². The van der Waals surface area contributed by atoms with E-state index >= 15 is 0 Å². The Labute approximate surface area is 192 Å². The van der Waals surface area contributed by atoms with Crippen molar-refractivity contribution in [1.82, 2.24) is 19.7 Å². The molecule has 166 valence electrons. The molecule has 2 N–H and O–H groups in total. The first kappa shape index (κ1) is 20.8. The van der Waals surface area contributed by atoms with Crippen molar-refractivity contribution in [3.8, 4) is 39.7 Å². The van der Waals surface area contributed by atoms with Crippen molar-refractivity contribution in [2.24, 2.45) is 0 Å². The van der Waals surface area contributed by atoms with Gasteiger partial charge in [-0.25, -0.2) is 0 Å². The number of aromatic nitrogens is 4. The van der Waals surface area contributed by atoms with Gasteiger partial charge >= 0.3 is 0 Å². The van der Waals surface area contributed by atoms with Gasteiger partial charge in [0, 0.05) is 23.5 Å². The second-order valence-electron chi connectivity index (χ2n) is 9.10. The fraction of sp³-hybridized carbons (Fsp3) is 0.185. The van der Waals surface area contributed by atoms with Gasteiger partial charge in [-0.3, -0.25) is 14.6 Å². The minimum atomic E-state index is -0.206. The molecule has 0 aliphatic rings. The summed E-state index contributed by atoms with van der Waals surface area (Å²) in [6, 6.07) is 19.9. The lowest BCUT2D eigenvalue weighted by Gasteiger charge is -2.17. The summed E-state index contributed by atoms with van der Waals surface area (Å²) in [5.74, 6) is 0.911. The fourth-order valence-electron chi connectivity index (χ4n) is 4.22. The Morgan fingerprint density at radius 3 is 2.21 bits per heavy atom. The van der Waals surface area contributed by atoms with E-state index in [-0.39, 0.29) is 11.3 Å². The van der Waals surface area contributed by atoms with Crippen LogP contribution in [-0.2, 0) is 5.41 Å². The number of pyridine rings is 1. The van der Waals surface area contributed by atoms with Crippen LogP contribution in [0.1, 0.15) is 26.5 Å². The number of benzene rings is 2. The predicted octanol–water partition coefficient (Wildman–Crippen LogP) is 6.09. The topological polar surface area (TPSA) is 76.0 Å². The van der Waals surface area contributed by atoms with Gasteiger partial charge in [-0.15, -0.1) is 0 Å². The van der Waals surface area contributed by atoms with Gasteiger partial charge in [0.15, 0.2) is 0 Å². The maximum Gasteiger partial charge on any atom is 0.222 e. The van der Waals surface area contributed by atoms with Crippen LogP contribution in [0.25, 0.3) is 39.0 Å². The Bertz CT molecular complexity index is 1410. The summed E-state index contributed by atoms with van der Waals surface area (Å²) in [6.07, 6.45) is 3.61. The zero-order valence-corrected chi connectivity index (χ0v) is 19.1. The Morgan fingerprint density at radius 1 is 0.909 bits per heavy atom. The van der Waals surface area contributed by atoms with Crippen molar-refractivity contribution >= 4 is 10.9 Å². The normalized spacial score (nSPS) is 11.8. The standard InChI is InChI=1S/C27H26N4O2/c1-27(2,3)25-22-23(29-30-25)26(32)31(24(22)18-9-13-21(33-4)14-10-18)20-11-7-17(8-12-20)19-6-5-15-28-16-19/h5-16,29,32H,1-4H3. The third-order valence-electron chi connectivity index (χ3n) is 5.86. The maximum atomic E-state index is 11.3. The summed E-state index contributed by atoms with van der Waals surface area (Å²) in [4.78, 5) is 4.21. The van der Waals surface area contributed by atoms with Crippen LogP contribution in [0.15, 0.2) is 73.1 Å². The summed E-state index contributed by atoms with van der Waals surface area (Å²) < 4.78 is 7.23. The van der Waals surface area contributed by atoms with E-state index < -0.39 is 0 Å². The van der Waals surface area contributed by atoms with Crippen LogP contribution in [0, 0.1) is 0 Å². The van der Waals surface area contributed by atoms with Gasteiger partial charge in [-0.2, -0.15) is 5.10 Å². The van der Waals surface area contributed by atoms with Crippen LogP contribution in [0.5, 0.6) is 11.6 Å². The van der Waals surface area contributed by atoms with Crippen LogP contribution in [0.4, 0.5) is 0 Å². The van der Waals surface area contributed by atoms with Crippen LogP contribution in [-0.4, -0.2) is 32.0 Å². The molecule has 6 nitrogen and oxygen atoms in total. The van der Waals surface area contributed by atoms with Crippen molar-refractivity contribution in [3.63, 3.8) is 0 Å². The van der Waals surface area contributed by atoms with Crippen molar-refractivity contribution in [2.45, 2.75) is 26.2 Å². The number of aromatic amines is 1. The molecule has 0 fully saturated rings. The summed E-state index contributed by atoms with van der Waals surface area (Å²) in [6.45, 7) is 6.37. The van der Waals surface area contributed by atoms with E-state index in [2.05, 4.69) is 36.0 Å². The van der Waals surface area contributed by atoms with Crippen molar-refractivity contribution in [1.29, 1.82) is 0 Å².